The molecule has 3 aromatic carbocycles. The van der Waals surface area contributed by atoms with Crippen molar-refractivity contribution in [1.82, 2.24) is 14.8 Å². The Kier molecular flexibility index (Phi) is 6.75. The lowest BCUT2D eigenvalue weighted by atomic mass is 10.0. The SMILES string of the molecule is COc1ccc(-c2cc(C(=O)OCC(=O)c3ccc(C)c(C)c3)c3c(C)nn(-c4ccccc4)c3n2)cc1. The highest BCUT2D eigenvalue weighted by Crippen LogP contribution is 2.30. The van der Waals surface area contributed by atoms with Crippen LogP contribution in [-0.4, -0.2) is 40.2 Å². The lowest BCUT2D eigenvalue weighted by Gasteiger charge is -2.10. The average Bonchev–Trinajstić information content (AvgIpc) is 3.29. The summed E-state index contributed by atoms with van der Waals surface area (Å²) in [5.41, 5.74) is 6.24. The van der Waals surface area contributed by atoms with Gasteiger partial charge in [0.05, 0.1) is 35.1 Å². The molecule has 0 aliphatic rings. The number of aromatic nitrogens is 3. The van der Waals surface area contributed by atoms with E-state index in [0.717, 1.165) is 22.4 Å². The zero-order chi connectivity index (χ0) is 26.8. The number of fused-ring (bicyclic) bond motifs is 1. The number of esters is 1. The number of Topliss-reactive ketones (excluding diaryl/α,β-unsaturated/α-hetero) is 1. The Morgan fingerprint density at radius 2 is 1.61 bits per heavy atom. The first-order valence-electron chi connectivity index (χ1n) is 12.2. The topological polar surface area (TPSA) is 83.3 Å². The summed E-state index contributed by atoms with van der Waals surface area (Å²) in [5.74, 6) is -0.164. The predicted molar refractivity (Wildman–Crippen MR) is 146 cm³/mol. The van der Waals surface area contributed by atoms with Crippen LogP contribution in [0.2, 0.25) is 0 Å². The van der Waals surface area contributed by atoms with Gasteiger partial charge >= 0.3 is 5.97 Å². The maximum atomic E-state index is 13.4. The van der Waals surface area contributed by atoms with Gasteiger partial charge in [-0.05, 0) is 80.4 Å². The summed E-state index contributed by atoms with van der Waals surface area (Å²) in [4.78, 5) is 31.1. The molecule has 0 amide bonds. The van der Waals surface area contributed by atoms with Crippen LogP contribution in [0.25, 0.3) is 28.0 Å². The molecule has 7 nitrogen and oxygen atoms in total. The van der Waals surface area contributed by atoms with E-state index in [9.17, 15) is 9.59 Å². The van der Waals surface area contributed by atoms with Crippen molar-refractivity contribution in [1.29, 1.82) is 0 Å². The van der Waals surface area contributed by atoms with Gasteiger partial charge in [0.2, 0.25) is 0 Å². The van der Waals surface area contributed by atoms with E-state index in [-0.39, 0.29) is 12.4 Å². The van der Waals surface area contributed by atoms with Crippen molar-refractivity contribution in [3.05, 3.63) is 107 Å². The standard InChI is InChI=1S/C31H27N3O4/c1-19-10-11-23(16-20(19)2)28(35)18-38-31(36)26-17-27(22-12-14-25(37-4)15-13-22)32-30-29(26)21(3)33-34(30)24-8-6-5-7-9-24/h5-17H,18H2,1-4H3. The fourth-order valence-electron chi connectivity index (χ4n) is 4.32. The monoisotopic (exact) mass is 505 g/mol. The van der Waals surface area contributed by atoms with Crippen LogP contribution in [0.4, 0.5) is 0 Å². The number of hydrogen-bond acceptors (Lipinski definition) is 6. The van der Waals surface area contributed by atoms with Crippen LogP contribution in [0.5, 0.6) is 5.75 Å². The van der Waals surface area contributed by atoms with Crippen molar-refractivity contribution in [3.63, 3.8) is 0 Å². The molecule has 0 unspecified atom stereocenters. The van der Waals surface area contributed by atoms with Crippen LogP contribution >= 0.6 is 0 Å². The smallest absolute Gasteiger partial charge is 0.339 e. The maximum Gasteiger partial charge on any atom is 0.339 e. The van der Waals surface area contributed by atoms with Gasteiger partial charge < -0.3 is 9.47 Å². The van der Waals surface area contributed by atoms with Crippen molar-refractivity contribution >= 4 is 22.8 Å². The van der Waals surface area contributed by atoms with E-state index in [1.165, 1.54) is 0 Å². The fraction of sp³-hybridized carbons (Fsp3) is 0.161. The van der Waals surface area contributed by atoms with Gasteiger partial charge in [-0.25, -0.2) is 14.5 Å². The van der Waals surface area contributed by atoms with Gasteiger partial charge in [0.15, 0.2) is 18.0 Å². The first-order valence-corrected chi connectivity index (χ1v) is 12.2. The summed E-state index contributed by atoms with van der Waals surface area (Å²) in [6.07, 6.45) is 0. The molecule has 190 valence electrons. The van der Waals surface area contributed by atoms with Crippen LogP contribution < -0.4 is 4.74 Å². The van der Waals surface area contributed by atoms with Crippen LogP contribution in [0.15, 0.2) is 78.9 Å². The predicted octanol–water partition coefficient (Wildman–Crippen LogP) is 6.06. The molecule has 0 aliphatic carbocycles. The molecule has 0 aliphatic heterocycles. The number of ether oxygens (including phenoxy) is 2. The van der Waals surface area contributed by atoms with Gasteiger partial charge in [-0.3, -0.25) is 4.79 Å². The zero-order valence-corrected chi connectivity index (χ0v) is 21.7. The third-order valence-corrected chi connectivity index (χ3v) is 6.58. The first kappa shape index (κ1) is 24.9. The van der Waals surface area contributed by atoms with Gasteiger partial charge in [-0.15, -0.1) is 0 Å². The number of ketones is 1. The second kappa shape index (κ2) is 10.3. The minimum atomic E-state index is -0.611. The number of pyridine rings is 1. The van der Waals surface area contributed by atoms with Crippen LogP contribution in [0, 0.1) is 20.8 Å². The molecule has 0 spiro atoms. The molecule has 0 fully saturated rings. The van der Waals surface area contributed by atoms with Crippen molar-refractivity contribution in [2.45, 2.75) is 20.8 Å². The molecule has 0 bridgehead atoms. The molecule has 7 heteroatoms. The summed E-state index contributed by atoms with van der Waals surface area (Å²) >= 11 is 0. The van der Waals surface area contributed by atoms with Gasteiger partial charge in [-0.2, -0.15) is 5.10 Å². The van der Waals surface area contributed by atoms with Crippen molar-refractivity contribution in [3.8, 4) is 22.7 Å². The van der Waals surface area contributed by atoms with Gasteiger partial charge in [-0.1, -0.05) is 30.3 Å². The molecule has 0 radical (unpaired) electrons. The molecule has 2 aromatic heterocycles. The summed E-state index contributed by atoms with van der Waals surface area (Å²) in [5, 5.41) is 5.26. The largest absolute Gasteiger partial charge is 0.497 e. The van der Waals surface area contributed by atoms with Gasteiger partial charge in [0.25, 0.3) is 0 Å². The molecular weight excluding hydrogens is 478 g/mol. The van der Waals surface area contributed by atoms with Crippen molar-refractivity contribution < 1.29 is 19.1 Å². The van der Waals surface area contributed by atoms with Crippen LogP contribution in [0.3, 0.4) is 0 Å². The van der Waals surface area contributed by atoms with E-state index in [0.29, 0.717) is 39.3 Å². The molecule has 2 heterocycles. The third-order valence-electron chi connectivity index (χ3n) is 6.58. The fourth-order valence-corrected chi connectivity index (χ4v) is 4.32. The molecule has 5 rings (SSSR count). The highest BCUT2D eigenvalue weighted by molar-refractivity contribution is 6.06. The molecule has 0 saturated heterocycles. The number of para-hydroxylation sites is 1. The van der Waals surface area contributed by atoms with Crippen molar-refractivity contribution in [2.75, 3.05) is 13.7 Å². The third kappa shape index (κ3) is 4.78. The van der Waals surface area contributed by atoms with Crippen LogP contribution in [0.1, 0.15) is 37.5 Å². The van der Waals surface area contributed by atoms with E-state index >= 15 is 0 Å². The molecule has 0 atom stereocenters. The summed E-state index contributed by atoms with van der Waals surface area (Å²) < 4.78 is 12.5. The van der Waals surface area contributed by atoms with E-state index < -0.39 is 5.97 Å². The molecular formula is C31H27N3O4. The maximum absolute atomic E-state index is 13.4. The normalized spacial score (nSPS) is 10.9. The Bertz CT molecular complexity index is 1650. The van der Waals surface area contributed by atoms with Crippen LogP contribution in [-0.2, 0) is 4.74 Å². The minimum absolute atomic E-state index is 0.265. The molecule has 0 saturated carbocycles. The Labute approximate surface area is 220 Å². The van der Waals surface area contributed by atoms with Gasteiger partial charge in [0.1, 0.15) is 5.75 Å². The van der Waals surface area contributed by atoms with E-state index in [4.69, 9.17) is 14.5 Å². The second-order valence-electron chi connectivity index (χ2n) is 9.11. The van der Waals surface area contributed by atoms with E-state index in [2.05, 4.69) is 5.10 Å². The first-order chi connectivity index (χ1) is 18.4. The quantitative estimate of drug-likeness (QED) is 0.197. The van der Waals surface area contributed by atoms with E-state index in [1.54, 1.807) is 23.9 Å². The zero-order valence-electron chi connectivity index (χ0n) is 21.7. The highest BCUT2D eigenvalue weighted by Gasteiger charge is 2.23. The van der Waals surface area contributed by atoms with E-state index in [1.807, 2.05) is 87.5 Å². The Morgan fingerprint density at radius 3 is 2.29 bits per heavy atom. The summed E-state index contributed by atoms with van der Waals surface area (Å²) in [6.45, 7) is 5.39. The Morgan fingerprint density at radius 1 is 0.868 bits per heavy atom. The highest BCUT2D eigenvalue weighted by atomic mass is 16.5. The minimum Gasteiger partial charge on any atom is -0.497 e. The second-order valence-corrected chi connectivity index (χ2v) is 9.11. The lowest BCUT2D eigenvalue weighted by Crippen LogP contribution is -2.15. The number of carbonyl (C=O) groups is 2. The molecule has 38 heavy (non-hydrogen) atoms. The summed E-state index contributed by atoms with van der Waals surface area (Å²) in [6, 6.07) is 24.2. The van der Waals surface area contributed by atoms with Gasteiger partial charge in [0, 0.05) is 11.1 Å². The lowest BCUT2D eigenvalue weighted by molar-refractivity contribution is 0.0476. The Hall–Kier alpha value is -4.78. The average molecular weight is 506 g/mol. The number of nitrogens with zero attached hydrogens (tertiary/aromatic N) is 3. The number of methoxy groups -OCH3 is 1. The molecule has 5 aromatic rings. The number of rotatable bonds is 7. The number of benzene rings is 3. The number of aryl methyl sites for hydroxylation is 3. The Balaban J connectivity index is 1.56. The molecule has 0 N–H and O–H groups in total. The summed E-state index contributed by atoms with van der Waals surface area (Å²) in [7, 11) is 1.60. The number of carbonyl (C=O) groups excluding carboxylic acids is 2. The van der Waals surface area contributed by atoms with Crippen molar-refractivity contribution in [2.24, 2.45) is 0 Å². The number of hydrogen-bond donors (Lipinski definition) is 0.